The van der Waals surface area contributed by atoms with Gasteiger partial charge in [0.25, 0.3) is 0 Å². The molecule has 2 heterocycles. The molecule has 3 N–H and O–H groups in total. The third-order valence-corrected chi connectivity index (χ3v) is 4.39. The zero-order chi connectivity index (χ0) is 15.5. The van der Waals surface area contributed by atoms with E-state index < -0.39 is 11.7 Å². The second-order valence-electron chi connectivity index (χ2n) is 5.97. The lowest BCUT2D eigenvalue weighted by Crippen LogP contribution is -2.36. The maximum absolute atomic E-state index is 13.3. The number of fused-ring (bicyclic) bond motifs is 1. The summed E-state index contributed by atoms with van der Waals surface area (Å²) >= 11 is 0. The molecular weight excluding hydrogens is 285 g/mol. The first-order valence-electron chi connectivity index (χ1n) is 7.71. The zero-order valence-electron chi connectivity index (χ0n) is 12.3. The summed E-state index contributed by atoms with van der Waals surface area (Å²) in [5.41, 5.74) is 1.08. The highest BCUT2D eigenvalue weighted by Gasteiger charge is 2.30. The second-order valence-corrected chi connectivity index (χ2v) is 5.97. The molecule has 0 spiro atoms. The summed E-state index contributed by atoms with van der Waals surface area (Å²) in [5, 5.41) is 8.83. The highest BCUT2D eigenvalue weighted by molar-refractivity contribution is 6.01. The van der Waals surface area contributed by atoms with Gasteiger partial charge >= 0.3 is 0 Å². The fraction of sp³-hybridized carbons (Fsp3) is 0.500. The average molecular weight is 305 g/mol. The lowest BCUT2D eigenvalue weighted by Gasteiger charge is -2.25. The molecule has 1 aromatic carbocycles. The molecule has 1 saturated heterocycles. The third kappa shape index (κ3) is 3.27. The molecule has 0 radical (unpaired) electrons. The van der Waals surface area contributed by atoms with Gasteiger partial charge in [0.05, 0.1) is 5.92 Å². The first kappa shape index (κ1) is 15.0. The normalized spacial score (nSPS) is 23.8. The van der Waals surface area contributed by atoms with Gasteiger partial charge in [-0.1, -0.05) is 6.07 Å². The van der Waals surface area contributed by atoms with Gasteiger partial charge in [-0.3, -0.25) is 9.59 Å². The molecule has 2 aliphatic rings. The van der Waals surface area contributed by atoms with Crippen LogP contribution in [0.1, 0.15) is 30.7 Å². The van der Waals surface area contributed by atoms with E-state index in [9.17, 15) is 14.0 Å². The van der Waals surface area contributed by atoms with Crippen molar-refractivity contribution in [1.82, 2.24) is 10.6 Å². The van der Waals surface area contributed by atoms with Gasteiger partial charge in [0.2, 0.25) is 11.8 Å². The Labute approximate surface area is 128 Å². The number of halogens is 1. The number of hydrogen-bond acceptors (Lipinski definition) is 3. The summed E-state index contributed by atoms with van der Waals surface area (Å²) in [6, 6.07) is 4.16. The molecule has 0 aromatic heterocycles. The lowest BCUT2D eigenvalue weighted by atomic mass is 9.89. The number of amides is 2. The van der Waals surface area contributed by atoms with Crippen molar-refractivity contribution in [2.24, 2.45) is 5.92 Å². The Morgan fingerprint density at radius 3 is 3.05 bits per heavy atom. The Balaban J connectivity index is 1.63. The molecule has 2 amide bonds. The number of anilines is 1. The van der Waals surface area contributed by atoms with E-state index in [1.54, 1.807) is 6.07 Å². The SMILES string of the molecule is O=C1CC(C(=O)NCCC2CCNC2)c2ccc(F)cc2N1. The minimum Gasteiger partial charge on any atom is -0.356 e. The number of carbonyl (C=O) groups excluding carboxylic acids is 2. The Bertz CT molecular complexity index is 585. The summed E-state index contributed by atoms with van der Waals surface area (Å²) in [6.45, 7) is 2.66. The predicted molar refractivity (Wildman–Crippen MR) is 81.0 cm³/mol. The molecular formula is C16H20FN3O2. The van der Waals surface area contributed by atoms with E-state index >= 15 is 0 Å². The molecule has 3 rings (SSSR count). The predicted octanol–water partition coefficient (Wildman–Crippen LogP) is 1.37. The molecule has 0 saturated carbocycles. The van der Waals surface area contributed by atoms with Crippen LogP contribution in [0.4, 0.5) is 10.1 Å². The largest absolute Gasteiger partial charge is 0.356 e. The van der Waals surface area contributed by atoms with E-state index in [2.05, 4.69) is 16.0 Å². The Morgan fingerprint density at radius 2 is 2.27 bits per heavy atom. The van der Waals surface area contributed by atoms with Gasteiger partial charge in [0, 0.05) is 18.7 Å². The lowest BCUT2D eigenvalue weighted by molar-refractivity contribution is -0.126. The number of nitrogens with one attached hydrogen (secondary N) is 3. The monoisotopic (exact) mass is 305 g/mol. The van der Waals surface area contributed by atoms with Crippen molar-refractivity contribution in [1.29, 1.82) is 0 Å². The number of hydrogen-bond donors (Lipinski definition) is 3. The van der Waals surface area contributed by atoms with Gasteiger partial charge in [0.15, 0.2) is 0 Å². The Morgan fingerprint density at radius 1 is 1.41 bits per heavy atom. The van der Waals surface area contributed by atoms with Gasteiger partial charge in [-0.15, -0.1) is 0 Å². The average Bonchev–Trinajstić information content (AvgIpc) is 2.99. The molecule has 1 fully saturated rings. The summed E-state index contributed by atoms with van der Waals surface area (Å²) < 4.78 is 13.3. The maximum Gasteiger partial charge on any atom is 0.228 e. The van der Waals surface area contributed by atoms with Crippen LogP contribution >= 0.6 is 0 Å². The molecule has 2 aliphatic heterocycles. The van der Waals surface area contributed by atoms with Crippen molar-refractivity contribution < 1.29 is 14.0 Å². The number of benzene rings is 1. The minimum atomic E-state index is -0.536. The standard InChI is InChI=1S/C16H20FN3O2/c17-11-1-2-12-13(8-15(21)20-14(12)7-11)16(22)19-6-4-10-3-5-18-9-10/h1-2,7,10,13,18H,3-6,8-9H2,(H,19,22)(H,20,21). The van der Waals surface area contributed by atoms with E-state index in [0.717, 1.165) is 25.9 Å². The van der Waals surface area contributed by atoms with Crippen molar-refractivity contribution in [3.8, 4) is 0 Å². The molecule has 0 bridgehead atoms. The van der Waals surface area contributed by atoms with Crippen LogP contribution in [0.5, 0.6) is 0 Å². The topological polar surface area (TPSA) is 70.2 Å². The van der Waals surface area contributed by atoms with Crippen LogP contribution in [0.3, 0.4) is 0 Å². The fourth-order valence-electron chi connectivity index (χ4n) is 3.15. The van der Waals surface area contributed by atoms with Crippen LogP contribution in [0.2, 0.25) is 0 Å². The van der Waals surface area contributed by atoms with E-state index in [4.69, 9.17) is 0 Å². The van der Waals surface area contributed by atoms with E-state index in [0.29, 0.717) is 23.7 Å². The molecule has 1 aromatic rings. The molecule has 0 aliphatic carbocycles. The van der Waals surface area contributed by atoms with Crippen LogP contribution in [-0.4, -0.2) is 31.4 Å². The first-order chi connectivity index (χ1) is 10.6. The van der Waals surface area contributed by atoms with Crippen LogP contribution in [0.15, 0.2) is 18.2 Å². The van der Waals surface area contributed by atoms with E-state index in [-0.39, 0.29) is 18.2 Å². The summed E-state index contributed by atoms with van der Waals surface area (Å²) in [7, 11) is 0. The van der Waals surface area contributed by atoms with E-state index in [1.165, 1.54) is 12.1 Å². The highest BCUT2D eigenvalue weighted by atomic mass is 19.1. The minimum absolute atomic E-state index is 0.107. The summed E-state index contributed by atoms with van der Waals surface area (Å²) in [5.74, 6) is -0.761. The smallest absolute Gasteiger partial charge is 0.228 e. The van der Waals surface area contributed by atoms with Crippen molar-refractivity contribution in [3.05, 3.63) is 29.6 Å². The van der Waals surface area contributed by atoms with Crippen LogP contribution in [-0.2, 0) is 9.59 Å². The Hall–Kier alpha value is -1.95. The number of carbonyl (C=O) groups is 2. The summed E-state index contributed by atoms with van der Waals surface area (Å²) in [6.07, 6.45) is 2.19. The first-order valence-corrected chi connectivity index (χ1v) is 7.71. The van der Waals surface area contributed by atoms with Gasteiger partial charge in [-0.25, -0.2) is 4.39 Å². The fourth-order valence-corrected chi connectivity index (χ4v) is 3.15. The summed E-state index contributed by atoms with van der Waals surface area (Å²) in [4.78, 5) is 24.1. The van der Waals surface area contributed by atoms with Gasteiger partial charge < -0.3 is 16.0 Å². The Kier molecular flexibility index (Phi) is 4.38. The molecule has 2 atom stereocenters. The van der Waals surface area contributed by atoms with Gasteiger partial charge in [0.1, 0.15) is 5.82 Å². The van der Waals surface area contributed by atoms with Crippen LogP contribution in [0.25, 0.3) is 0 Å². The highest BCUT2D eigenvalue weighted by Crippen LogP contribution is 2.32. The van der Waals surface area contributed by atoms with Crippen molar-refractivity contribution in [3.63, 3.8) is 0 Å². The molecule has 22 heavy (non-hydrogen) atoms. The second kappa shape index (κ2) is 6.44. The van der Waals surface area contributed by atoms with E-state index in [1.807, 2.05) is 0 Å². The molecule has 2 unspecified atom stereocenters. The van der Waals surface area contributed by atoms with Gasteiger partial charge in [-0.05, 0) is 49.5 Å². The van der Waals surface area contributed by atoms with Crippen molar-refractivity contribution in [2.45, 2.75) is 25.2 Å². The quantitative estimate of drug-likeness (QED) is 0.787. The molecule has 5 nitrogen and oxygen atoms in total. The molecule has 118 valence electrons. The zero-order valence-corrected chi connectivity index (χ0v) is 12.3. The van der Waals surface area contributed by atoms with Gasteiger partial charge in [-0.2, -0.15) is 0 Å². The number of rotatable bonds is 4. The maximum atomic E-state index is 13.3. The van der Waals surface area contributed by atoms with Crippen molar-refractivity contribution >= 4 is 17.5 Å². The van der Waals surface area contributed by atoms with Crippen LogP contribution in [0, 0.1) is 11.7 Å². The van der Waals surface area contributed by atoms with Crippen molar-refractivity contribution in [2.75, 3.05) is 25.0 Å². The third-order valence-electron chi connectivity index (χ3n) is 4.39. The molecule has 6 heteroatoms. The van der Waals surface area contributed by atoms with Crippen LogP contribution < -0.4 is 16.0 Å².